The van der Waals surface area contributed by atoms with Crippen LogP contribution in [0.4, 0.5) is 0 Å². The summed E-state index contributed by atoms with van der Waals surface area (Å²) in [4.78, 5) is 8.60. The third kappa shape index (κ3) is 3.13. The molecule has 0 spiro atoms. The van der Waals surface area contributed by atoms with Crippen molar-refractivity contribution < 1.29 is 0 Å². The first-order valence-corrected chi connectivity index (χ1v) is 6.32. The van der Waals surface area contributed by atoms with Gasteiger partial charge in [0.05, 0.1) is 12.2 Å². The molecule has 0 radical (unpaired) electrons. The highest BCUT2D eigenvalue weighted by Gasteiger charge is 2.08. The van der Waals surface area contributed by atoms with Gasteiger partial charge in [0.25, 0.3) is 0 Å². The minimum atomic E-state index is 0.206. The van der Waals surface area contributed by atoms with Crippen molar-refractivity contribution in [1.82, 2.24) is 25.1 Å². The number of hydrogen-bond donors (Lipinski definition) is 1. The van der Waals surface area contributed by atoms with Gasteiger partial charge in [0.2, 0.25) is 0 Å². The fraction of sp³-hybridized carbons (Fsp3) is 0.462. The first-order chi connectivity index (χ1) is 8.81. The minimum Gasteiger partial charge on any atom is -0.302 e. The highest BCUT2D eigenvalue weighted by Crippen LogP contribution is 2.08. The molecule has 0 saturated heterocycles. The minimum absolute atomic E-state index is 0.206. The summed E-state index contributed by atoms with van der Waals surface area (Å²) in [6.45, 7) is 5.85. The van der Waals surface area contributed by atoms with Gasteiger partial charge in [-0.1, -0.05) is 13.0 Å². The van der Waals surface area contributed by atoms with Crippen LogP contribution in [0.25, 0.3) is 0 Å². The number of pyridine rings is 1. The van der Waals surface area contributed by atoms with Gasteiger partial charge >= 0.3 is 0 Å². The van der Waals surface area contributed by atoms with Crippen LogP contribution in [0.5, 0.6) is 0 Å². The van der Waals surface area contributed by atoms with Gasteiger partial charge < -0.3 is 5.32 Å². The smallest absolute Gasteiger partial charge is 0.140 e. The summed E-state index contributed by atoms with van der Waals surface area (Å²) in [5.41, 5.74) is 1.04. The second-order valence-corrected chi connectivity index (χ2v) is 4.26. The Morgan fingerprint density at radius 1 is 1.33 bits per heavy atom. The molecule has 96 valence electrons. The van der Waals surface area contributed by atoms with E-state index in [9.17, 15) is 0 Å². The Balaban J connectivity index is 1.93. The van der Waals surface area contributed by atoms with Crippen molar-refractivity contribution in [2.75, 3.05) is 0 Å². The molecular formula is C13H19N5. The summed E-state index contributed by atoms with van der Waals surface area (Å²) in [6.07, 6.45) is 4.48. The number of nitrogens with zero attached hydrogens (tertiary/aromatic N) is 4. The Morgan fingerprint density at radius 2 is 2.22 bits per heavy atom. The maximum absolute atomic E-state index is 4.33. The fourth-order valence-corrected chi connectivity index (χ4v) is 1.80. The Morgan fingerprint density at radius 3 is 2.94 bits per heavy atom. The fourth-order valence-electron chi connectivity index (χ4n) is 1.80. The SMILES string of the molecule is CCCn1ncnc1CN[C@H](C)c1ccccn1. The number of hydrogen-bond acceptors (Lipinski definition) is 4. The zero-order valence-corrected chi connectivity index (χ0v) is 10.9. The highest BCUT2D eigenvalue weighted by molar-refractivity contribution is 5.07. The summed E-state index contributed by atoms with van der Waals surface area (Å²) in [6, 6.07) is 6.15. The average molecular weight is 245 g/mol. The van der Waals surface area contributed by atoms with Crippen LogP contribution in [0.3, 0.4) is 0 Å². The van der Waals surface area contributed by atoms with E-state index in [1.54, 1.807) is 6.33 Å². The first kappa shape index (κ1) is 12.7. The molecule has 5 heteroatoms. The lowest BCUT2D eigenvalue weighted by molar-refractivity contribution is 0.504. The summed E-state index contributed by atoms with van der Waals surface area (Å²) in [7, 11) is 0. The van der Waals surface area contributed by atoms with E-state index in [0.29, 0.717) is 6.54 Å². The van der Waals surface area contributed by atoms with Crippen LogP contribution in [-0.4, -0.2) is 19.7 Å². The predicted molar refractivity (Wildman–Crippen MR) is 69.8 cm³/mol. The third-order valence-electron chi connectivity index (χ3n) is 2.83. The molecule has 5 nitrogen and oxygen atoms in total. The van der Waals surface area contributed by atoms with Crippen LogP contribution in [0.15, 0.2) is 30.7 Å². The molecule has 2 rings (SSSR count). The molecule has 0 saturated carbocycles. The molecule has 2 aromatic heterocycles. The van der Waals surface area contributed by atoms with E-state index in [0.717, 1.165) is 24.5 Å². The van der Waals surface area contributed by atoms with Crippen LogP contribution < -0.4 is 5.32 Å². The Kier molecular flexibility index (Phi) is 4.41. The van der Waals surface area contributed by atoms with Crippen molar-refractivity contribution in [3.05, 3.63) is 42.2 Å². The van der Waals surface area contributed by atoms with Crippen molar-refractivity contribution in [2.45, 2.75) is 39.4 Å². The topological polar surface area (TPSA) is 55.6 Å². The van der Waals surface area contributed by atoms with E-state index in [4.69, 9.17) is 0 Å². The van der Waals surface area contributed by atoms with Gasteiger partial charge in [0.15, 0.2) is 0 Å². The van der Waals surface area contributed by atoms with Gasteiger partial charge in [-0.3, -0.25) is 4.98 Å². The zero-order chi connectivity index (χ0) is 12.8. The van der Waals surface area contributed by atoms with E-state index in [2.05, 4.69) is 34.2 Å². The molecule has 0 aliphatic carbocycles. The summed E-state index contributed by atoms with van der Waals surface area (Å²) < 4.78 is 1.94. The second kappa shape index (κ2) is 6.26. The molecule has 2 aromatic rings. The van der Waals surface area contributed by atoms with Gasteiger partial charge in [-0.2, -0.15) is 5.10 Å². The maximum Gasteiger partial charge on any atom is 0.140 e. The molecule has 0 unspecified atom stereocenters. The van der Waals surface area contributed by atoms with E-state index in [-0.39, 0.29) is 6.04 Å². The lowest BCUT2D eigenvalue weighted by Crippen LogP contribution is -2.21. The zero-order valence-electron chi connectivity index (χ0n) is 10.9. The molecule has 2 heterocycles. The van der Waals surface area contributed by atoms with E-state index in [1.807, 2.05) is 29.1 Å². The molecule has 0 aromatic carbocycles. The quantitative estimate of drug-likeness (QED) is 0.845. The van der Waals surface area contributed by atoms with E-state index < -0.39 is 0 Å². The Bertz CT molecular complexity index is 465. The van der Waals surface area contributed by atoms with E-state index in [1.165, 1.54) is 0 Å². The highest BCUT2D eigenvalue weighted by atomic mass is 15.3. The lowest BCUT2D eigenvalue weighted by atomic mass is 10.2. The normalized spacial score (nSPS) is 12.6. The number of aromatic nitrogens is 4. The maximum atomic E-state index is 4.33. The molecule has 1 atom stereocenters. The van der Waals surface area contributed by atoms with Crippen LogP contribution >= 0.6 is 0 Å². The largest absolute Gasteiger partial charge is 0.302 e. The number of aryl methyl sites for hydroxylation is 1. The number of rotatable bonds is 6. The van der Waals surface area contributed by atoms with Crippen LogP contribution in [0, 0.1) is 0 Å². The van der Waals surface area contributed by atoms with Crippen LogP contribution in [0.1, 0.15) is 37.8 Å². The molecule has 0 fully saturated rings. The first-order valence-electron chi connectivity index (χ1n) is 6.32. The molecule has 1 N–H and O–H groups in total. The monoisotopic (exact) mass is 245 g/mol. The molecule has 0 aliphatic rings. The van der Waals surface area contributed by atoms with Crippen molar-refractivity contribution in [2.24, 2.45) is 0 Å². The second-order valence-electron chi connectivity index (χ2n) is 4.26. The van der Waals surface area contributed by atoms with Gasteiger partial charge in [-0.15, -0.1) is 0 Å². The van der Waals surface area contributed by atoms with Crippen LogP contribution in [0.2, 0.25) is 0 Å². The molecule has 0 amide bonds. The van der Waals surface area contributed by atoms with Gasteiger partial charge in [-0.05, 0) is 25.5 Å². The van der Waals surface area contributed by atoms with E-state index >= 15 is 0 Å². The summed E-state index contributed by atoms with van der Waals surface area (Å²) in [5, 5.41) is 7.62. The van der Waals surface area contributed by atoms with Gasteiger partial charge in [0.1, 0.15) is 12.2 Å². The average Bonchev–Trinajstić information content (AvgIpc) is 2.85. The molecular weight excluding hydrogens is 226 g/mol. The predicted octanol–water partition coefficient (Wildman–Crippen LogP) is 1.93. The lowest BCUT2D eigenvalue weighted by Gasteiger charge is -2.13. The van der Waals surface area contributed by atoms with Crippen LogP contribution in [-0.2, 0) is 13.1 Å². The van der Waals surface area contributed by atoms with Crippen molar-refractivity contribution in [3.63, 3.8) is 0 Å². The standard InChI is InChI=1S/C13H19N5/c1-3-8-18-13(16-10-17-18)9-15-11(2)12-6-4-5-7-14-12/h4-7,10-11,15H,3,8-9H2,1-2H3/t11-/m1/s1. The van der Waals surface area contributed by atoms with Crippen molar-refractivity contribution in [1.29, 1.82) is 0 Å². The molecule has 0 bridgehead atoms. The molecule has 18 heavy (non-hydrogen) atoms. The van der Waals surface area contributed by atoms with Gasteiger partial charge in [0, 0.05) is 18.8 Å². The molecule has 0 aliphatic heterocycles. The third-order valence-corrected chi connectivity index (χ3v) is 2.83. The Hall–Kier alpha value is -1.75. The summed E-state index contributed by atoms with van der Waals surface area (Å²) >= 11 is 0. The Labute approximate surface area is 107 Å². The summed E-state index contributed by atoms with van der Waals surface area (Å²) in [5.74, 6) is 0.972. The van der Waals surface area contributed by atoms with Crippen molar-refractivity contribution >= 4 is 0 Å². The van der Waals surface area contributed by atoms with Crippen molar-refractivity contribution in [3.8, 4) is 0 Å². The van der Waals surface area contributed by atoms with Gasteiger partial charge in [-0.25, -0.2) is 9.67 Å². The number of nitrogens with one attached hydrogen (secondary N) is 1.